The Kier molecular flexibility index (Phi) is 7.06. The van der Waals surface area contributed by atoms with Crippen LogP contribution in [0.2, 0.25) is 0 Å². The number of hydrogen-bond donors (Lipinski definition) is 1. The molecule has 0 saturated carbocycles. The van der Waals surface area contributed by atoms with Gasteiger partial charge in [-0.3, -0.25) is 4.79 Å². The Labute approximate surface area is 134 Å². The highest BCUT2D eigenvalue weighted by atomic mass is 79.9. The minimum Gasteiger partial charge on any atom is -0.465 e. The van der Waals surface area contributed by atoms with Crippen molar-refractivity contribution in [3.8, 4) is 0 Å². The predicted octanol–water partition coefficient (Wildman–Crippen LogP) is 3.99. The maximum atomic E-state index is 11.3. The number of esters is 1. The molecule has 0 amide bonds. The van der Waals surface area contributed by atoms with Crippen LogP contribution in [-0.4, -0.2) is 23.9 Å². The van der Waals surface area contributed by atoms with Crippen molar-refractivity contribution >= 4 is 33.7 Å². The summed E-state index contributed by atoms with van der Waals surface area (Å²) in [5.41, 5.74) is 1.30. The van der Waals surface area contributed by atoms with Gasteiger partial charge in [-0.1, -0.05) is 22.0 Å². The van der Waals surface area contributed by atoms with Crippen LogP contribution in [0.5, 0.6) is 0 Å². The first-order valence-electron chi connectivity index (χ1n) is 6.63. The molecule has 1 aromatic rings. The summed E-state index contributed by atoms with van der Waals surface area (Å²) in [5.74, 6) is 0.173. The van der Waals surface area contributed by atoms with Crippen LogP contribution in [0.4, 0.5) is 0 Å². The van der Waals surface area contributed by atoms with Crippen molar-refractivity contribution in [1.29, 1.82) is 0 Å². The highest BCUT2D eigenvalue weighted by Gasteiger charge is 2.10. The van der Waals surface area contributed by atoms with Crippen LogP contribution in [0.25, 0.3) is 0 Å². The Morgan fingerprint density at radius 3 is 2.65 bits per heavy atom. The minimum atomic E-state index is -0.174. The van der Waals surface area contributed by atoms with Crippen LogP contribution in [0.1, 0.15) is 33.3 Å². The molecule has 0 aliphatic rings. The second kappa shape index (κ2) is 8.05. The van der Waals surface area contributed by atoms with Crippen molar-refractivity contribution in [2.75, 3.05) is 12.4 Å². The lowest BCUT2D eigenvalue weighted by molar-refractivity contribution is -0.139. The molecule has 0 spiro atoms. The van der Waals surface area contributed by atoms with E-state index in [2.05, 4.69) is 48.1 Å². The lowest BCUT2D eigenvalue weighted by Gasteiger charge is -2.21. The molecule has 20 heavy (non-hydrogen) atoms. The zero-order valence-corrected chi connectivity index (χ0v) is 14.9. The zero-order chi connectivity index (χ0) is 15.2. The largest absolute Gasteiger partial charge is 0.465 e. The number of hydrogen-bond acceptors (Lipinski definition) is 4. The fourth-order valence-corrected chi connectivity index (χ4v) is 2.87. The fourth-order valence-electron chi connectivity index (χ4n) is 1.47. The third kappa shape index (κ3) is 6.77. The normalized spacial score (nSPS) is 11.4. The molecule has 1 rings (SSSR count). The molecule has 0 aromatic heterocycles. The average molecular weight is 360 g/mol. The van der Waals surface area contributed by atoms with Crippen molar-refractivity contribution in [3.63, 3.8) is 0 Å². The van der Waals surface area contributed by atoms with Gasteiger partial charge < -0.3 is 10.1 Å². The number of ether oxygens (including phenoxy) is 1. The molecule has 0 atom stereocenters. The number of rotatable bonds is 6. The van der Waals surface area contributed by atoms with Crippen molar-refractivity contribution in [3.05, 3.63) is 28.2 Å². The Bertz CT molecular complexity index is 458. The maximum absolute atomic E-state index is 11.3. The van der Waals surface area contributed by atoms with Gasteiger partial charge in [0.1, 0.15) is 0 Å². The zero-order valence-electron chi connectivity index (χ0n) is 12.5. The second-order valence-corrected chi connectivity index (χ2v) is 7.35. The summed E-state index contributed by atoms with van der Waals surface area (Å²) in [4.78, 5) is 12.4. The predicted molar refractivity (Wildman–Crippen MR) is 88.1 cm³/mol. The fraction of sp³-hybridized carbons (Fsp3) is 0.533. The molecule has 1 N–H and O–H groups in total. The van der Waals surface area contributed by atoms with Crippen LogP contribution in [0.3, 0.4) is 0 Å². The van der Waals surface area contributed by atoms with E-state index in [1.165, 1.54) is 17.3 Å². The number of carbonyl (C=O) groups excluding carboxylic acids is 1. The molecule has 0 heterocycles. The SMILES string of the molecule is CCOC(=O)CSc1ccc(CNC(C)(C)C)c(Br)c1. The van der Waals surface area contributed by atoms with Gasteiger partial charge >= 0.3 is 5.97 Å². The molecule has 0 aliphatic heterocycles. The third-order valence-corrected chi connectivity index (χ3v) is 4.20. The van der Waals surface area contributed by atoms with E-state index >= 15 is 0 Å². The van der Waals surface area contributed by atoms with E-state index in [0.717, 1.165) is 15.9 Å². The monoisotopic (exact) mass is 359 g/mol. The molecule has 3 nitrogen and oxygen atoms in total. The summed E-state index contributed by atoms with van der Waals surface area (Å²) in [7, 11) is 0. The van der Waals surface area contributed by atoms with Crippen molar-refractivity contribution < 1.29 is 9.53 Å². The first kappa shape index (κ1) is 17.5. The van der Waals surface area contributed by atoms with E-state index in [0.29, 0.717) is 12.4 Å². The summed E-state index contributed by atoms with van der Waals surface area (Å²) in [5, 5.41) is 3.45. The van der Waals surface area contributed by atoms with Crippen LogP contribution >= 0.6 is 27.7 Å². The molecular weight excluding hydrogens is 338 g/mol. The van der Waals surface area contributed by atoms with Crippen LogP contribution in [0.15, 0.2) is 27.6 Å². The summed E-state index contributed by atoms with van der Waals surface area (Å²) in [6, 6.07) is 6.16. The molecule has 1 aromatic carbocycles. The first-order chi connectivity index (χ1) is 9.31. The minimum absolute atomic E-state index is 0.0940. The highest BCUT2D eigenvalue weighted by molar-refractivity contribution is 9.10. The molecule has 5 heteroatoms. The van der Waals surface area contributed by atoms with Gasteiger partial charge in [0, 0.05) is 21.5 Å². The second-order valence-electron chi connectivity index (χ2n) is 5.45. The topological polar surface area (TPSA) is 38.3 Å². The van der Waals surface area contributed by atoms with E-state index < -0.39 is 0 Å². The summed E-state index contributed by atoms with van der Waals surface area (Å²) in [6.45, 7) is 9.49. The molecule has 0 aliphatic carbocycles. The van der Waals surface area contributed by atoms with Gasteiger partial charge in [-0.2, -0.15) is 0 Å². The van der Waals surface area contributed by atoms with Crippen molar-refractivity contribution in [1.82, 2.24) is 5.32 Å². The van der Waals surface area contributed by atoms with E-state index in [4.69, 9.17) is 4.74 Å². The Morgan fingerprint density at radius 2 is 2.10 bits per heavy atom. The Morgan fingerprint density at radius 1 is 1.40 bits per heavy atom. The van der Waals surface area contributed by atoms with Gasteiger partial charge in [0.05, 0.1) is 12.4 Å². The Balaban J connectivity index is 2.57. The standard InChI is InChI=1S/C15H22BrNO2S/c1-5-19-14(18)10-20-12-7-6-11(13(16)8-12)9-17-15(2,3)4/h6-8,17H,5,9-10H2,1-4H3. The van der Waals surface area contributed by atoms with E-state index in [1.807, 2.05) is 19.1 Å². The quantitative estimate of drug-likeness (QED) is 0.615. The number of halogens is 1. The molecule has 0 radical (unpaired) electrons. The van der Waals surface area contributed by atoms with Gasteiger partial charge in [-0.15, -0.1) is 11.8 Å². The smallest absolute Gasteiger partial charge is 0.316 e. The maximum Gasteiger partial charge on any atom is 0.316 e. The molecule has 0 fully saturated rings. The molecule has 0 bridgehead atoms. The van der Waals surface area contributed by atoms with Crippen molar-refractivity contribution in [2.45, 2.75) is 44.7 Å². The lowest BCUT2D eigenvalue weighted by Crippen LogP contribution is -2.35. The molecule has 0 saturated heterocycles. The lowest BCUT2D eigenvalue weighted by atomic mass is 10.1. The van der Waals surface area contributed by atoms with Crippen molar-refractivity contribution in [2.24, 2.45) is 0 Å². The van der Waals surface area contributed by atoms with Crippen LogP contribution < -0.4 is 5.32 Å². The first-order valence-corrected chi connectivity index (χ1v) is 8.41. The van der Waals surface area contributed by atoms with Gasteiger partial charge in [0.2, 0.25) is 0 Å². The molecule has 0 unspecified atom stereocenters. The van der Waals surface area contributed by atoms with Crippen LogP contribution in [-0.2, 0) is 16.1 Å². The summed E-state index contributed by atoms with van der Waals surface area (Å²) in [6.07, 6.45) is 0. The molecule has 112 valence electrons. The summed E-state index contributed by atoms with van der Waals surface area (Å²) >= 11 is 5.07. The van der Waals surface area contributed by atoms with Gasteiger partial charge in [-0.25, -0.2) is 0 Å². The number of benzene rings is 1. The Hall–Kier alpha value is -0.520. The van der Waals surface area contributed by atoms with Crippen LogP contribution in [0, 0.1) is 0 Å². The van der Waals surface area contributed by atoms with Gasteiger partial charge in [-0.05, 0) is 45.4 Å². The molecular formula is C15H22BrNO2S. The van der Waals surface area contributed by atoms with E-state index in [9.17, 15) is 4.79 Å². The third-order valence-electron chi connectivity index (χ3n) is 2.50. The number of thioether (sulfide) groups is 1. The average Bonchev–Trinajstić information content (AvgIpc) is 2.34. The van der Waals surface area contributed by atoms with Gasteiger partial charge in [0.25, 0.3) is 0 Å². The highest BCUT2D eigenvalue weighted by Crippen LogP contribution is 2.25. The summed E-state index contributed by atoms with van der Waals surface area (Å²) < 4.78 is 5.97. The van der Waals surface area contributed by atoms with E-state index in [1.54, 1.807) is 0 Å². The van der Waals surface area contributed by atoms with Gasteiger partial charge in [0.15, 0.2) is 0 Å². The van der Waals surface area contributed by atoms with E-state index in [-0.39, 0.29) is 11.5 Å². The number of nitrogens with one attached hydrogen (secondary N) is 1. The number of carbonyl (C=O) groups is 1.